The normalized spacial score (nSPS) is 13.1. The average Bonchev–Trinajstić information content (AvgIpc) is 2.96. The number of furan rings is 1. The first-order valence-electron chi connectivity index (χ1n) is 8.16. The minimum atomic E-state index is 0.952. The molecule has 4 rings (SSSR count). The van der Waals surface area contributed by atoms with Crippen molar-refractivity contribution in [2.45, 2.75) is 26.7 Å². The second kappa shape index (κ2) is 5.58. The van der Waals surface area contributed by atoms with E-state index >= 15 is 0 Å². The molecule has 0 atom stereocenters. The van der Waals surface area contributed by atoms with E-state index < -0.39 is 0 Å². The van der Waals surface area contributed by atoms with Gasteiger partial charge < -0.3 is 4.42 Å². The summed E-state index contributed by atoms with van der Waals surface area (Å²) < 4.78 is 6.38. The smallest absolute Gasteiger partial charge is 0.138 e. The number of hydrogen-bond acceptors (Lipinski definition) is 1. The van der Waals surface area contributed by atoms with Crippen LogP contribution in [0.3, 0.4) is 0 Å². The van der Waals surface area contributed by atoms with Crippen LogP contribution in [0.2, 0.25) is 0 Å². The van der Waals surface area contributed by atoms with Crippen LogP contribution in [0.15, 0.2) is 65.1 Å². The van der Waals surface area contributed by atoms with E-state index in [1.165, 1.54) is 33.4 Å². The Morgan fingerprint density at radius 3 is 1.39 bits per heavy atom. The van der Waals surface area contributed by atoms with Gasteiger partial charge in [-0.1, -0.05) is 71.8 Å². The zero-order chi connectivity index (χ0) is 15.8. The average molecular weight is 300 g/mol. The molecule has 0 N–H and O–H groups in total. The van der Waals surface area contributed by atoms with Crippen molar-refractivity contribution in [3.05, 3.63) is 82.9 Å². The molecule has 1 heteroatoms. The summed E-state index contributed by atoms with van der Waals surface area (Å²) in [5.74, 6) is 2.06. The van der Waals surface area contributed by atoms with E-state index in [0.29, 0.717) is 0 Å². The highest BCUT2D eigenvalue weighted by molar-refractivity contribution is 5.74. The van der Waals surface area contributed by atoms with Gasteiger partial charge in [-0.25, -0.2) is 0 Å². The van der Waals surface area contributed by atoms with Crippen LogP contribution >= 0.6 is 0 Å². The molecule has 0 aliphatic heterocycles. The van der Waals surface area contributed by atoms with Crippen LogP contribution in [0.25, 0.3) is 22.6 Å². The molecule has 0 spiro atoms. The van der Waals surface area contributed by atoms with Gasteiger partial charge in [0.2, 0.25) is 0 Å². The maximum absolute atomic E-state index is 6.38. The minimum Gasteiger partial charge on any atom is -0.455 e. The van der Waals surface area contributed by atoms with Crippen LogP contribution in [-0.2, 0) is 12.8 Å². The van der Waals surface area contributed by atoms with Crippen LogP contribution in [0.4, 0.5) is 0 Å². The van der Waals surface area contributed by atoms with Gasteiger partial charge in [-0.05, 0) is 26.7 Å². The summed E-state index contributed by atoms with van der Waals surface area (Å²) in [5.41, 5.74) is 7.56. The Labute approximate surface area is 137 Å². The topological polar surface area (TPSA) is 13.1 Å². The molecule has 1 heterocycles. The Kier molecular flexibility index (Phi) is 3.42. The second-order valence-corrected chi connectivity index (χ2v) is 6.33. The van der Waals surface area contributed by atoms with Crippen molar-refractivity contribution >= 4 is 0 Å². The van der Waals surface area contributed by atoms with Crippen LogP contribution in [-0.4, -0.2) is 0 Å². The fourth-order valence-electron chi connectivity index (χ4n) is 3.21. The number of rotatable bonds is 2. The zero-order valence-electron chi connectivity index (χ0n) is 13.6. The van der Waals surface area contributed by atoms with Crippen LogP contribution in [0, 0.1) is 13.8 Å². The van der Waals surface area contributed by atoms with Gasteiger partial charge >= 0.3 is 0 Å². The monoisotopic (exact) mass is 300 g/mol. The van der Waals surface area contributed by atoms with Crippen molar-refractivity contribution in [3.8, 4) is 22.6 Å². The molecule has 0 amide bonds. The molecular weight excluding hydrogens is 280 g/mol. The third-order valence-electron chi connectivity index (χ3n) is 4.55. The summed E-state index contributed by atoms with van der Waals surface area (Å²) >= 11 is 0. The fraction of sp³-hybridized carbons (Fsp3) is 0.182. The van der Waals surface area contributed by atoms with Crippen molar-refractivity contribution in [2.75, 3.05) is 0 Å². The standard InChI is InChI=1S/C22H20O/c1-15-7-11-17(12-8-15)21-19-5-3-4-6-20(19)22(23-21)18-13-9-16(2)10-14-18/h3-4,7-14H,5-6H2,1-2H3. The van der Waals surface area contributed by atoms with Crippen molar-refractivity contribution in [1.82, 2.24) is 0 Å². The van der Waals surface area contributed by atoms with E-state index in [9.17, 15) is 0 Å². The number of hydrogen-bond donors (Lipinski definition) is 0. The minimum absolute atomic E-state index is 0.952. The van der Waals surface area contributed by atoms with Crippen molar-refractivity contribution in [2.24, 2.45) is 0 Å². The third-order valence-corrected chi connectivity index (χ3v) is 4.55. The van der Waals surface area contributed by atoms with E-state index in [-0.39, 0.29) is 0 Å². The number of fused-ring (bicyclic) bond motifs is 1. The highest BCUT2D eigenvalue weighted by atomic mass is 16.3. The summed E-state index contributed by atoms with van der Waals surface area (Å²) in [5, 5.41) is 0. The molecule has 0 fully saturated rings. The van der Waals surface area contributed by atoms with Crippen LogP contribution in [0.1, 0.15) is 22.3 Å². The summed E-state index contributed by atoms with van der Waals surface area (Å²) in [7, 11) is 0. The molecule has 1 nitrogen and oxygen atoms in total. The summed E-state index contributed by atoms with van der Waals surface area (Å²) in [4.78, 5) is 0. The van der Waals surface area contributed by atoms with E-state index in [1.807, 2.05) is 0 Å². The first-order chi connectivity index (χ1) is 11.2. The van der Waals surface area contributed by atoms with Gasteiger partial charge in [0.25, 0.3) is 0 Å². The van der Waals surface area contributed by atoms with E-state index in [2.05, 4.69) is 74.5 Å². The summed E-state index contributed by atoms with van der Waals surface area (Å²) in [6.45, 7) is 4.23. The molecule has 114 valence electrons. The van der Waals surface area contributed by atoms with Gasteiger partial charge in [0, 0.05) is 22.3 Å². The molecule has 0 radical (unpaired) electrons. The lowest BCUT2D eigenvalue weighted by atomic mass is 9.93. The van der Waals surface area contributed by atoms with Gasteiger partial charge in [-0.2, -0.15) is 0 Å². The maximum Gasteiger partial charge on any atom is 0.138 e. The number of allylic oxidation sites excluding steroid dienone is 2. The quantitative estimate of drug-likeness (QED) is 0.538. The highest BCUT2D eigenvalue weighted by Crippen LogP contribution is 2.39. The first kappa shape index (κ1) is 14.1. The van der Waals surface area contributed by atoms with E-state index in [0.717, 1.165) is 24.4 Å². The van der Waals surface area contributed by atoms with Gasteiger partial charge in [-0.15, -0.1) is 0 Å². The molecular formula is C22H20O. The van der Waals surface area contributed by atoms with Gasteiger partial charge in [0.1, 0.15) is 11.5 Å². The van der Waals surface area contributed by atoms with Crippen molar-refractivity contribution in [1.29, 1.82) is 0 Å². The van der Waals surface area contributed by atoms with Crippen molar-refractivity contribution < 1.29 is 4.42 Å². The molecule has 1 aliphatic carbocycles. The molecule has 0 saturated carbocycles. The lowest BCUT2D eigenvalue weighted by Gasteiger charge is -2.07. The molecule has 3 aromatic rings. The SMILES string of the molecule is Cc1ccc(-c2oc(-c3ccc(C)cc3)c3c2CC=CC3)cc1. The van der Waals surface area contributed by atoms with E-state index in [1.54, 1.807) is 0 Å². The van der Waals surface area contributed by atoms with Gasteiger partial charge in [0.05, 0.1) is 0 Å². The molecule has 2 aromatic carbocycles. The molecule has 1 aromatic heterocycles. The lowest BCUT2D eigenvalue weighted by molar-refractivity contribution is 0.593. The predicted molar refractivity (Wildman–Crippen MR) is 95.6 cm³/mol. The Bertz CT molecular complexity index is 790. The van der Waals surface area contributed by atoms with Crippen LogP contribution in [0.5, 0.6) is 0 Å². The van der Waals surface area contributed by atoms with Crippen molar-refractivity contribution in [3.63, 3.8) is 0 Å². The maximum atomic E-state index is 6.38. The van der Waals surface area contributed by atoms with E-state index in [4.69, 9.17) is 4.42 Å². The largest absolute Gasteiger partial charge is 0.455 e. The Morgan fingerprint density at radius 2 is 1.00 bits per heavy atom. The second-order valence-electron chi connectivity index (χ2n) is 6.33. The van der Waals surface area contributed by atoms with Gasteiger partial charge in [-0.3, -0.25) is 0 Å². The Hall–Kier alpha value is -2.54. The molecule has 0 bridgehead atoms. The highest BCUT2D eigenvalue weighted by Gasteiger charge is 2.22. The Balaban J connectivity index is 1.88. The molecule has 23 heavy (non-hydrogen) atoms. The first-order valence-corrected chi connectivity index (χ1v) is 8.16. The molecule has 1 aliphatic rings. The summed E-state index contributed by atoms with van der Waals surface area (Å²) in [6, 6.07) is 17.2. The zero-order valence-corrected chi connectivity index (χ0v) is 13.6. The van der Waals surface area contributed by atoms with Crippen LogP contribution < -0.4 is 0 Å². The molecule has 0 saturated heterocycles. The molecule has 0 unspecified atom stereocenters. The third kappa shape index (κ3) is 2.53. The van der Waals surface area contributed by atoms with Gasteiger partial charge in [0.15, 0.2) is 0 Å². The predicted octanol–water partition coefficient (Wildman–Crippen LogP) is 5.89. The lowest BCUT2D eigenvalue weighted by Crippen LogP contribution is -1.96. The number of benzene rings is 2. The fourth-order valence-corrected chi connectivity index (χ4v) is 3.21. The summed E-state index contributed by atoms with van der Waals surface area (Å²) in [6.07, 6.45) is 6.39. The number of aryl methyl sites for hydroxylation is 2. The Morgan fingerprint density at radius 1 is 0.609 bits per heavy atom.